The van der Waals surface area contributed by atoms with Gasteiger partial charge in [-0.3, -0.25) is 4.79 Å². The number of aryl methyl sites for hydroxylation is 1. The summed E-state index contributed by atoms with van der Waals surface area (Å²) < 4.78 is 24.1. The Bertz CT molecular complexity index is 1140. The third-order valence-corrected chi connectivity index (χ3v) is 6.42. The summed E-state index contributed by atoms with van der Waals surface area (Å²) in [5.74, 6) is 0.609. The van der Waals surface area contributed by atoms with Crippen LogP contribution in [-0.4, -0.2) is 26.3 Å². The van der Waals surface area contributed by atoms with Crippen LogP contribution in [0.15, 0.2) is 47.5 Å². The Morgan fingerprint density at radius 3 is 2.74 bits per heavy atom. The minimum absolute atomic E-state index is 0.228. The second-order valence-corrected chi connectivity index (χ2v) is 8.31. The van der Waals surface area contributed by atoms with Crippen LogP contribution < -0.4 is 14.8 Å². The van der Waals surface area contributed by atoms with E-state index >= 15 is 0 Å². The van der Waals surface area contributed by atoms with E-state index in [1.54, 1.807) is 50.8 Å². The molecule has 7 heteroatoms. The number of anilines is 1. The summed E-state index contributed by atoms with van der Waals surface area (Å²) in [5, 5.41) is 3.61. The van der Waals surface area contributed by atoms with Crippen molar-refractivity contribution in [3.8, 4) is 11.5 Å². The van der Waals surface area contributed by atoms with Gasteiger partial charge in [0, 0.05) is 17.2 Å². The summed E-state index contributed by atoms with van der Waals surface area (Å²) in [6.07, 6.45) is 5.55. The first-order chi connectivity index (χ1) is 15.1. The average molecular weight is 439 g/mol. The SMILES string of the molecule is COc1ccc(NC(=O)c2c(/N=C/c3cccc(F)c3)sc3c2CCCC3)c(OC)c1. The number of ether oxygens (including phenoxy) is 2. The van der Waals surface area contributed by atoms with E-state index in [1.165, 1.54) is 28.3 Å². The van der Waals surface area contributed by atoms with Crippen molar-refractivity contribution in [2.24, 2.45) is 4.99 Å². The molecule has 1 heterocycles. The van der Waals surface area contributed by atoms with Crippen LogP contribution in [0.25, 0.3) is 0 Å². The highest BCUT2D eigenvalue weighted by molar-refractivity contribution is 7.16. The van der Waals surface area contributed by atoms with Crippen LogP contribution in [0.1, 0.15) is 39.2 Å². The van der Waals surface area contributed by atoms with Crippen LogP contribution in [0.4, 0.5) is 15.1 Å². The number of benzene rings is 2. The molecule has 31 heavy (non-hydrogen) atoms. The maximum absolute atomic E-state index is 13.5. The maximum Gasteiger partial charge on any atom is 0.259 e. The number of amides is 1. The van der Waals surface area contributed by atoms with Gasteiger partial charge in [0.15, 0.2) is 0 Å². The smallest absolute Gasteiger partial charge is 0.259 e. The van der Waals surface area contributed by atoms with E-state index in [2.05, 4.69) is 10.3 Å². The molecule has 0 unspecified atom stereocenters. The number of fused-ring (bicyclic) bond motifs is 1. The number of methoxy groups -OCH3 is 2. The normalized spacial score (nSPS) is 13.1. The van der Waals surface area contributed by atoms with Crippen LogP contribution in [0.2, 0.25) is 0 Å². The Labute approximate surface area is 184 Å². The van der Waals surface area contributed by atoms with Gasteiger partial charge >= 0.3 is 0 Å². The Kier molecular flexibility index (Phi) is 6.32. The van der Waals surface area contributed by atoms with E-state index in [4.69, 9.17) is 9.47 Å². The van der Waals surface area contributed by atoms with Gasteiger partial charge in [0.1, 0.15) is 22.3 Å². The molecule has 0 bridgehead atoms. The molecule has 0 saturated heterocycles. The number of nitrogens with zero attached hydrogens (tertiary/aromatic N) is 1. The van der Waals surface area contributed by atoms with Crippen LogP contribution in [0.3, 0.4) is 0 Å². The lowest BCUT2D eigenvalue weighted by molar-refractivity contribution is 0.102. The third-order valence-electron chi connectivity index (χ3n) is 5.22. The van der Waals surface area contributed by atoms with Crippen molar-refractivity contribution in [1.82, 2.24) is 0 Å². The molecule has 1 aromatic heterocycles. The van der Waals surface area contributed by atoms with Gasteiger partial charge in [0.2, 0.25) is 0 Å². The molecule has 0 fully saturated rings. The van der Waals surface area contributed by atoms with E-state index in [1.807, 2.05) is 0 Å². The van der Waals surface area contributed by atoms with Crippen molar-refractivity contribution in [1.29, 1.82) is 0 Å². The molecule has 160 valence electrons. The van der Waals surface area contributed by atoms with Gasteiger partial charge < -0.3 is 14.8 Å². The number of thiophene rings is 1. The molecule has 2 aromatic carbocycles. The fourth-order valence-electron chi connectivity index (χ4n) is 3.68. The quantitative estimate of drug-likeness (QED) is 0.496. The van der Waals surface area contributed by atoms with E-state index in [-0.39, 0.29) is 11.7 Å². The van der Waals surface area contributed by atoms with Crippen molar-refractivity contribution in [3.63, 3.8) is 0 Å². The number of halogens is 1. The van der Waals surface area contributed by atoms with Crippen LogP contribution in [0.5, 0.6) is 11.5 Å². The highest BCUT2D eigenvalue weighted by Crippen LogP contribution is 2.40. The topological polar surface area (TPSA) is 59.9 Å². The third kappa shape index (κ3) is 4.61. The van der Waals surface area contributed by atoms with Gasteiger partial charge in [0.05, 0.1) is 25.5 Å². The summed E-state index contributed by atoms with van der Waals surface area (Å²) in [7, 11) is 3.12. The highest BCUT2D eigenvalue weighted by Gasteiger charge is 2.26. The van der Waals surface area contributed by atoms with Gasteiger partial charge in [-0.1, -0.05) is 12.1 Å². The fraction of sp³-hybridized carbons (Fsp3) is 0.250. The van der Waals surface area contributed by atoms with Crippen molar-refractivity contribution in [2.45, 2.75) is 25.7 Å². The van der Waals surface area contributed by atoms with Crippen LogP contribution in [0, 0.1) is 5.82 Å². The highest BCUT2D eigenvalue weighted by atomic mass is 32.1. The summed E-state index contributed by atoms with van der Waals surface area (Å²) in [6.45, 7) is 0. The molecule has 5 nitrogen and oxygen atoms in total. The Morgan fingerprint density at radius 2 is 1.97 bits per heavy atom. The molecule has 0 radical (unpaired) electrons. The molecule has 3 aromatic rings. The summed E-state index contributed by atoms with van der Waals surface area (Å²) in [5.41, 5.74) is 2.86. The van der Waals surface area contributed by atoms with E-state index in [0.29, 0.717) is 33.3 Å². The first-order valence-corrected chi connectivity index (χ1v) is 10.9. The number of carbonyl (C=O) groups excluding carboxylic acids is 1. The van der Waals surface area contributed by atoms with E-state index in [9.17, 15) is 9.18 Å². The number of nitrogens with one attached hydrogen (secondary N) is 1. The van der Waals surface area contributed by atoms with Crippen molar-refractivity contribution in [3.05, 3.63) is 69.8 Å². The van der Waals surface area contributed by atoms with Crippen LogP contribution >= 0.6 is 11.3 Å². The first kappa shape index (κ1) is 21.1. The fourth-order valence-corrected chi connectivity index (χ4v) is 4.91. The largest absolute Gasteiger partial charge is 0.497 e. The molecule has 1 aliphatic rings. The van der Waals surface area contributed by atoms with E-state index in [0.717, 1.165) is 31.2 Å². The molecule has 0 saturated carbocycles. The van der Waals surface area contributed by atoms with Crippen molar-refractivity contribution in [2.75, 3.05) is 19.5 Å². The second-order valence-electron chi connectivity index (χ2n) is 7.22. The zero-order valence-electron chi connectivity index (χ0n) is 17.4. The molecule has 0 aliphatic heterocycles. The van der Waals surface area contributed by atoms with Gasteiger partial charge in [-0.2, -0.15) is 0 Å². The van der Waals surface area contributed by atoms with Gasteiger partial charge in [-0.05, 0) is 61.1 Å². The lowest BCUT2D eigenvalue weighted by atomic mass is 9.95. The molecule has 1 N–H and O–H groups in total. The zero-order valence-corrected chi connectivity index (χ0v) is 18.2. The molecular formula is C24H23FN2O3S. The number of hydrogen-bond acceptors (Lipinski definition) is 5. The molecule has 4 rings (SSSR count). The average Bonchev–Trinajstić information content (AvgIpc) is 3.16. The molecular weight excluding hydrogens is 415 g/mol. The Morgan fingerprint density at radius 1 is 1.13 bits per heavy atom. The van der Waals surface area contributed by atoms with Crippen molar-refractivity contribution >= 4 is 34.1 Å². The number of hydrogen-bond donors (Lipinski definition) is 1. The second kappa shape index (κ2) is 9.31. The maximum atomic E-state index is 13.5. The standard InChI is InChI=1S/C24H23FN2O3S/c1-29-17-10-11-19(20(13-17)30-2)27-23(28)22-18-8-3-4-9-21(18)31-24(22)26-14-15-6-5-7-16(25)12-15/h5-7,10-14H,3-4,8-9H2,1-2H3,(H,27,28)/b26-14+. The number of aliphatic imine (C=N–C) groups is 1. The Hall–Kier alpha value is -3.19. The number of rotatable bonds is 6. The predicted molar refractivity (Wildman–Crippen MR) is 122 cm³/mol. The molecule has 1 aliphatic carbocycles. The van der Waals surface area contributed by atoms with Gasteiger partial charge in [-0.15, -0.1) is 11.3 Å². The lowest BCUT2D eigenvalue weighted by Crippen LogP contribution is -2.15. The van der Waals surface area contributed by atoms with Gasteiger partial charge in [0.25, 0.3) is 5.91 Å². The predicted octanol–water partition coefficient (Wildman–Crippen LogP) is 5.79. The first-order valence-electron chi connectivity index (χ1n) is 10.1. The van der Waals surface area contributed by atoms with Crippen molar-refractivity contribution < 1.29 is 18.7 Å². The summed E-state index contributed by atoms with van der Waals surface area (Å²) in [6, 6.07) is 11.5. The Balaban J connectivity index is 1.68. The lowest BCUT2D eigenvalue weighted by Gasteiger charge is -2.14. The minimum Gasteiger partial charge on any atom is -0.497 e. The van der Waals surface area contributed by atoms with Crippen LogP contribution in [-0.2, 0) is 12.8 Å². The van der Waals surface area contributed by atoms with Gasteiger partial charge in [-0.25, -0.2) is 9.38 Å². The molecule has 0 spiro atoms. The molecule has 1 amide bonds. The number of carbonyl (C=O) groups is 1. The summed E-state index contributed by atoms with van der Waals surface area (Å²) in [4.78, 5) is 19.1. The summed E-state index contributed by atoms with van der Waals surface area (Å²) >= 11 is 1.54. The minimum atomic E-state index is -0.320. The van der Waals surface area contributed by atoms with E-state index < -0.39 is 0 Å². The monoisotopic (exact) mass is 438 g/mol. The zero-order chi connectivity index (χ0) is 21.8. The molecule has 0 atom stereocenters.